The Bertz CT molecular complexity index is 569. The van der Waals surface area contributed by atoms with Crippen molar-refractivity contribution in [3.05, 3.63) is 59.7 Å². The molecule has 0 aromatic heterocycles. The third-order valence-corrected chi connectivity index (χ3v) is 3.39. The van der Waals surface area contributed by atoms with E-state index in [1.165, 1.54) is 5.56 Å². The average Bonchev–Trinajstić information content (AvgIpc) is 2.53. The van der Waals surface area contributed by atoms with Gasteiger partial charge in [0.05, 0.1) is 12.6 Å². The van der Waals surface area contributed by atoms with Crippen LogP contribution in [-0.2, 0) is 6.42 Å². The van der Waals surface area contributed by atoms with Crippen LogP contribution < -0.4 is 15.2 Å². The number of hydrogen-bond donors (Lipinski definition) is 1. The number of hydrogen-bond acceptors (Lipinski definition) is 3. The van der Waals surface area contributed by atoms with Crippen LogP contribution in [-0.4, -0.2) is 13.2 Å². The zero-order valence-corrected chi connectivity index (χ0v) is 12.7. The molecule has 2 rings (SSSR count). The summed E-state index contributed by atoms with van der Waals surface area (Å²) in [6.45, 7) is 5.15. The summed E-state index contributed by atoms with van der Waals surface area (Å²) in [5, 5.41) is 0. The van der Waals surface area contributed by atoms with Gasteiger partial charge in [-0.05, 0) is 31.0 Å². The maximum Gasteiger partial charge on any atom is 0.124 e. The molecule has 0 aliphatic rings. The summed E-state index contributed by atoms with van der Waals surface area (Å²) in [6, 6.07) is 15.7. The topological polar surface area (TPSA) is 44.5 Å². The summed E-state index contributed by atoms with van der Waals surface area (Å²) >= 11 is 0. The first-order chi connectivity index (χ1) is 10.3. The summed E-state index contributed by atoms with van der Waals surface area (Å²) in [4.78, 5) is 0. The standard InChI is InChI=1S/C18H23NO2/c1-3-14-9-5-7-11-17(14)21-13-16(19)15-10-6-8-12-18(15)20-4-2/h5-12,16H,3-4,13,19H2,1-2H3. The Kier molecular flexibility index (Phi) is 5.64. The molecule has 1 atom stereocenters. The minimum atomic E-state index is -0.210. The van der Waals surface area contributed by atoms with E-state index in [1.807, 2.05) is 49.4 Å². The lowest BCUT2D eigenvalue weighted by atomic mass is 10.1. The lowest BCUT2D eigenvalue weighted by Crippen LogP contribution is -2.20. The van der Waals surface area contributed by atoms with Crippen molar-refractivity contribution in [1.29, 1.82) is 0 Å². The van der Waals surface area contributed by atoms with Gasteiger partial charge < -0.3 is 15.2 Å². The van der Waals surface area contributed by atoms with E-state index in [-0.39, 0.29) is 6.04 Å². The van der Waals surface area contributed by atoms with Gasteiger partial charge in [0.25, 0.3) is 0 Å². The molecule has 2 aromatic carbocycles. The molecule has 2 aromatic rings. The normalized spacial score (nSPS) is 12.0. The highest BCUT2D eigenvalue weighted by molar-refractivity contribution is 5.37. The van der Waals surface area contributed by atoms with Crippen LogP contribution in [0.3, 0.4) is 0 Å². The molecule has 0 heterocycles. The van der Waals surface area contributed by atoms with Gasteiger partial charge in [-0.1, -0.05) is 43.3 Å². The van der Waals surface area contributed by atoms with Crippen LogP contribution in [0.1, 0.15) is 31.0 Å². The molecule has 0 aliphatic heterocycles. The second-order valence-electron chi connectivity index (χ2n) is 4.85. The van der Waals surface area contributed by atoms with Crippen LogP contribution in [0, 0.1) is 0 Å². The van der Waals surface area contributed by atoms with Crippen molar-refractivity contribution in [2.45, 2.75) is 26.3 Å². The van der Waals surface area contributed by atoms with Gasteiger partial charge in [0.15, 0.2) is 0 Å². The summed E-state index contributed by atoms with van der Waals surface area (Å²) in [7, 11) is 0. The van der Waals surface area contributed by atoms with Gasteiger partial charge in [-0.2, -0.15) is 0 Å². The second-order valence-corrected chi connectivity index (χ2v) is 4.85. The fourth-order valence-electron chi connectivity index (χ4n) is 2.28. The molecule has 3 heteroatoms. The van der Waals surface area contributed by atoms with Crippen molar-refractivity contribution >= 4 is 0 Å². The van der Waals surface area contributed by atoms with Crippen molar-refractivity contribution in [2.75, 3.05) is 13.2 Å². The van der Waals surface area contributed by atoms with Crippen molar-refractivity contribution in [1.82, 2.24) is 0 Å². The monoisotopic (exact) mass is 285 g/mol. The molecular weight excluding hydrogens is 262 g/mol. The van der Waals surface area contributed by atoms with Crippen molar-refractivity contribution in [3.8, 4) is 11.5 Å². The van der Waals surface area contributed by atoms with Gasteiger partial charge in [-0.25, -0.2) is 0 Å². The van der Waals surface area contributed by atoms with E-state index in [9.17, 15) is 0 Å². The third-order valence-electron chi connectivity index (χ3n) is 3.39. The van der Waals surface area contributed by atoms with Gasteiger partial charge >= 0.3 is 0 Å². The van der Waals surface area contributed by atoms with E-state index in [4.69, 9.17) is 15.2 Å². The number of aryl methyl sites for hydroxylation is 1. The maximum atomic E-state index is 6.26. The Hall–Kier alpha value is -2.00. The molecule has 112 valence electrons. The zero-order chi connectivity index (χ0) is 15.1. The fraction of sp³-hybridized carbons (Fsp3) is 0.333. The molecule has 2 N–H and O–H groups in total. The van der Waals surface area contributed by atoms with E-state index in [2.05, 4.69) is 13.0 Å². The first kappa shape index (κ1) is 15.4. The first-order valence-electron chi connectivity index (χ1n) is 7.44. The Morgan fingerprint density at radius 3 is 2.29 bits per heavy atom. The molecule has 0 saturated heterocycles. The lowest BCUT2D eigenvalue weighted by Gasteiger charge is -2.18. The van der Waals surface area contributed by atoms with Gasteiger partial charge in [-0.3, -0.25) is 0 Å². The van der Waals surface area contributed by atoms with E-state index in [0.29, 0.717) is 13.2 Å². The molecule has 0 bridgehead atoms. The van der Waals surface area contributed by atoms with Crippen molar-refractivity contribution in [3.63, 3.8) is 0 Å². The van der Waals surface area contributed by atoms with E-state index >= 15 is 0 Å². The predicted molar refractivity (Wildman–Crippen MR) is 85.9 cm³/mol. The Morgan fingerprint density at radius 2 is 1.57 bits per heavy atom. The first-order valence-corrected chi connectivity index (χ1v) is 7.44. The number of rotatable bonds is 7. The van der Waals surface area contributed by atoms with Gasteiger partial charge in [0, 0.05) is 5.56 Å². The SMILES string of the molecule is CCOc1ccccc1C(N)COc1ccccc1CC. The Labute approximate surface area is 126 Å². The molecule has 0 radical (unpaired) electrons. The highest BCUT2D eigenvalue weighted by Crippen LogP contribution is 2.25. The molecular formula is C18H23NO2. The van der Waals surface area contributed by atoms with E-state index in [0.717, 1.165) is 23.5 Å². The molecule has 3 nitrogen and oxygen atoms in total. The molecule has 21 heavy (non-hydrogen) atoms. The van der Waals surface area contributed by atoms with Crippen molar-refractivity contribution in [2.24, 2.45) is 5.73 Å². The molecule has 1 unspecified atom stereocenters. The number of nitrogens with two attached hydrogens (primary N) is 1. The molecule has 0 fully saturated rings. The summed E-state index contributed by atoms with van der Waals surface area (Å²) in [6.07, 6.45) is 0.945. The molecule has 0 spiro atoms. The number of para-hydroxylation sites is 2. The second kappa shape index (κ2) is 7.70. The maximum absolute atomic E-state index is 6.26. The van der Waals surface area contributed by atoms with Crippen molar-refractivity contribution < 1.29 is 9.47 Å². The molecule has 0 amide bonds. The lowest BCUT2D eigenvalue weighted by molar-refractivity contribution is 0.280. The fourth-order valence-corrected chi connectivity index (χ4v) is 2.28. The minimum Gasteiger partial charge on any atom is -0.494 e. The summed E-state index contributed by atoms with van der Waals surface area (Å²) < 4.78 is 11.5. The highest BCUT2D eigenvalue weighted by Gasteiger charge is 2.13. The van der Waals surface area contributed by atoms with E-state index < -0.39 is 0 Å². The van der Waals surface area contributed by atoms with Crippen LogP contribution in [0.2, 0.25) is 0 Å². The minimum absolute atomic E-state index is 0.210. The van der Waals surface area contributed by atoms with Gasteiger partial charge in [0.2, 0.25) is 0 Å². The molecule has 0 aliphatic carbocycles. The summed E-state index contributed by atoms with van der Waals surface area (Å²) in [5.74, 6) is 1.74. The Morgan fingerprint density at radius 1 is 0.905 bits per heavy atom. The smallest absolute Gasteiger partial charge is 0.124 e. The van der Waals surface area contributed by atoms with Crippen LogP contribution in [0.15, 0.2) is 48.5 Å². The predicted octanol–water partition coefficient (Wildman–Crippen LogP) is 3.73. The van der Waals surface area contributed by atoms with Crippen LogP contribution in [0.4, 0.5) is 0 Å². The largest absolute Gasteiger partial charge is 0.494 e. The van der Waals surface area contributed by atoms with E-state index in [1.54, 1.807) is 0 Å². The number of ether oxygens (including phenoxy) is 2. The number of benzene rings is 2. The van der Waals surface area contributed by atoms with Crippen LogP contribution in [0.25, 0.3) is 0 Å². The van der Waals surface area contributed by atoms with Crippen LogP contribution in [0.5, 0.6) is 11.5 Å². The highest BCUT2D eigenvalue weighted by atomic mass is 16.5. The quantitative estimate of drug-likeness (QED) is 0.843. The summed E-state index contributed by atoms with van der Waals surface area (Å²) in [5.41, 5.74) is 8.44. The van der Waals surface area contributed by atoms with Gasteiger partial charge in [-0.15, -0.1) is 0 Å². The third kappa shape index (κ3) is 3.99. The van der Waals surface area contributed by atoms with Crippen LogP contribution >= 0.6 is 0 Å². The van der Waals surface area contributed by atoms with Gasteiger partial charge in [0.1, 0.15) is 18.1 Å². The average molecular weight is 285 g/mol. The molecule has 0 saturated carbocycles. The Balaban J connectivity index is 2.06. The zero-order valence-electron chi connectivity index (χ0n) is 12.7.